The molecule has 4 nitrogen and oxygen atoms in total. The highest BCUT2D eigenvalue weighted by Gasteiger charge is 2.36. The number of halogens is 2. The Morgan fingerprint density at radius 3 is 2.45 bits per heavy atom. The van der Waals surface area contributed by atoms with E-state index in [0.29, 0.717) is 18.9 Å². The van der Waals surface area contributed by atoms with Gasteiger partial charge in [0.1, 0.15) is 0 Å². The Hall–Kier alpha value is -1.43. The number of nitrogens with one attached hydrogen (secondary N) is 1. The van der Waals surface area contributed by atoms with Gasteiger partial charge in [0, 0.05) is 12.6 Å². The zero-order valence-corrected chi connectivity index (χ0v) is 11.8. The van der Waals surface area contributed by atoms with E-state index in [9.17, 15) is 13.9 Å². The van der Waals surface area contributed by atoms with Crippen LogP contribution in [0.25, 0.3) is 0 Å². The van der Waals surface area contributed by atoms with Crippen LogP contribution < -0.4 is 11.1 Å². The highest BCUT2D eigenvalue weighted by Crippen LogP contribution is 2.40. The standard InChI is InChI=1S/C14H21F2N3O/c1-13(2)3-5-14(20,6-4-13)8-18-12-10(16)7-9(15)11(17)19-12/h7,20H,3-6,8H2,1-2H3,(H3,17,18,19). The second kappa shape index (κ2) is 5.16. The van der Waals surface area contributed by atoms with Crippen molar-refractivity contribution in [1.82, 2.24) is 4.98 Å². The summed E-state index contributed by atoms with van der Waals surface area (Å²) in [5, 5.41) is 13.2. The summed E-state index contributed by atoms with van der Waals surface area (Å²) in [5.41, 5.74) is 4.66. The van der Waals surface area contributed by atoms with Gasteiger partial charge in [0.2, 0.25) is 0 Å². The average molecular weight is 285 g/mol. The number of nitrogens with two attached hydrogens (primary N) is 1. The van der Waals surface area contributed by atoms with Crippen molar-refractivity contribution < 1.29 is 13.9 Å². The second-order valence-electron chi connectivity index (χ2n) is 6.43. The van der Waals surface area contributed by atoms with Gasteiger partial charge in [-0.25, -0.2) is 13.8 Å². The van der Waals surface area contributed by atoms with Crippen LogP contribution in [0.1, 0.15) is 39.5 Å². The van der Waals surface area contributed by atoms with Crippen molar-refractivity contribution in [2.45, 2.75) is 45.1 Å². The molecule has 0 unspecified atom stereocenters. The third-order valence-corrected chi connectivity index (χ3v) is 4.08. The summed E-state index contributed by atoms with van der Waals surface area (Å²) < 4.78 is 26.5. The molecule has 1 aliphatic rings. The van der Waals surface area contributed by atoms with Crippen LogP contribution in [0.15, 0.2) is 6.07 Å². The lowest BCUT2D eigenvalue weighted by Gasteiger charge is -2.40. The molecule has 0 aromatic carbocycles. The molecule has 0 atom stereocenters. The van der Waals surface area contributed by atoms with Crippen molar-refractivity contribution in [1.29, 1.82) is 0 Å². The molecule has 4 N–H and O–H groups in total. The van der Waals surface area contributed by atoms with Gasteiger partial charge in [-0.15, -0.1) is 0 Å². The van der Waals surface area contributed by atoms with Crippen LogP contribution in [0, 0.1) is 17.0 Å². The predicted molar refractivity (Wildman–Crippen MR) is 74.3 cm³/mol. The number of nitrogens with zero attached hydrogens (tertiary/aromatic N) is 1. The minimum Gasteiger partial charge on any atom is -0.388 e. The van der Waals surface area contributed by atoms with Gasteiger partial charge in [0.05, 0.1) is 5.60 Å². The van der Waals surface area contributed by atoms with Crippen LogP contribution in [-0.4, -0.2) is 22.2 Å². The fourth-order valence-electron chi connectivity index (χ4n) is 2.42. The fraction of sp³-hybridized carbons (Fsp3) is 0.643. The first-order valence-corrected chi connectivity index (χ1v) is 6.79. The molecule has 0 amide bonds. The minimum atomic E-state index is -0.883. The Morgan fingerprint density at radius 2 is 1.85 bits per heavy atom. The van der Waals surface area contributed by atoms with Crippen molar-refractivity contribution >= 4 is 11.6 Å². The molecule has 0 saturated heterocycles. The molecule has 112 valence electrons. The first kappa shape index (κ1) is 15.0. The quantitative estimate of drug-likeness (QED) is 0.798. The van der Waals surface area contributed by atoms with Crippen LogP contribution in [0.3, 0.4) is 0 Å². The zero-order chi connectivity index (χ0) is 15.0. The zero-order valence-electron chi connectivity index (χ0n) is 11.8. The number of aliphatic hydroxyl groups is 1. The Labute approximate surface area is 117 Å². The molecule has 2 rings (SSSR count). The molecule has 0 radical (unpaired) electrons. The maximum Gasteiger partial charge on any atom is 0.168 e. The molecular weight excluding hydrogens is 264 g/mol. The first-order valence-electron chi connectivity index (χ1n) is 6.79. The number of anilines is 2. The molecular formula is C14H21F2N3O. The summed E-state index contributed by atoms with van der Waals surface area (Å²) in [6.07, 6.45) is 3.11. The number of pyridine rings is 1. The lowest BCUT2D eigenvalue weighted by molar-refractivity contribution is -0.0146. The maximum atomic E-state index is 13.5. The van der Waals surface area contributed by atoms with Gasteiger partial charge in [0.25, 0.3) is 0 Å². The lowest BCUT2D eigenvalue weighted by Crippen LogP contribution is -2.42. The summed E-state index contributed by atoms with van der Waals surface area (Å²) in [6.45, 7) is 4.52. The van der Waals surface area contributed by atoms with Gasteiger partial charge in [0.15, 0.2) is 23.3 Å². The summed E-state index contributed by atoms with van der Waals surface area (Å²) in [7, 11) is 0. The summed E-state index contributed by atoms with van der Waals surface area (Å²) >= 11 is 0. The number of nitrogen functional groups attached to an aromatic ring is 1. The van der Waals surface area contributed by atoms with E-state index in [-0.39, 0.29) is 23.6 Å². The molecule has 1 saturated carbocycles. The molecule has 1 fully saturated rings. The molecule has 0 spiro atoms. The normalized spacial score (nSPS) is 20.6. The van der Waals surface area contributed by atoms with E-state index in [1.807, 2.05) is 0 Å². The van der Waals surface area contributed by atoms with Crippen LogP contribution in [0.5, 0.6) is 0 Å². The topological polar surface area (TPSA) is 71.2 Å². The molecule has 1 aromatic heterocycles. The Balaban J connectivity index is 2.00. The monoisotopic (exact) mass is 285 g/mol. The SMILES string of the molecule is CC1(C)CCC(O)(CNc2nc(N)c(F)cc2F)CC1. The predicted octanol–water partition coefficient (Wildman–Crippen LogP) is 2.69. The minimum absolute atomic E-state index is 0.123. The van der Waals surface area contributed by atoms with Crippen molar-refractivity contribution in [3.05, 3.63) is 17.7 Å². The summed E-state index contributed by atoms with van der Waals surface area (Å²) in [6, 6.07) is 0.693. The highest BCUT2D eigenvalue weighted by molar-refractivity contribution is 5.45. The molecule has 0 aliphatic heterocycles. The lowest BCUT2D eigenvalue weighted by atomic mass is 9.71. The van der Waals surface area contributed by atoms with Gasteiger partial charge in [-0.3, -0.25) is 0 Å². The van der Waals surface area contributed by atoms with E-state index < -0.39 is 17.2 Å². The molecule has 1 aromatic rings. The van der Waals surface area contributed by atoms with Crippen LogP contribution >= 0.6 is 0 Å². The number of hydrogen-bond acceptors (Lipinski definition) is 4. The van der Waals surface area contributed by atoms with Crippen molar-refractivity contribution in [2.75, 3.05) is 17.6 Å². The van der Waals surface area contributed by atoms with E-state index in [1.54, 1.807) is 0 Å². The Morgan fingerprint density at radius 1 is 1.25 bits per heavy atom. The third-order valence-electron chi connectivity index (χ3n) is 4.08. The second-order valence-corrected chi connectivity index (χ2v) is 6.43. The molecule has 1 aliphatic carbocycles. The first-order chi connectivity index (χ1) is 9.21. The third kappa shape index (κ3) is 3.36. The highest BCUT2D eigenvalue weighted by atomic mass is 19.1. The molecule has 6 heteroatoms. The number of hydrogen-bond donors (Lipinski definition) is 3. The molecule has 20 heavy (non-hydrogen) atoms. The van der Waals surface area contributed by atoms with Crippen molar-refractivity contribution in [3.63, 3.8) is 0 Å². The van der Waals surface area contributed by atoms with Crippen molar-refractivity contribution in [2.24, 2.45) is 5.41 Å². The van der Waals surface area contributed by atoms with Gasteiger partial charge in [-0.05, 0) is 31.1 Å². The number of rotatable bonds is 3. The molecule has 1 heterocycles. The fourth-order valence-corrected chi connectivity index (χ4v) is 2.42. The van der Waals surface area contributed by atoms with Crippen LogP contribution in [-0.2, 0) is 0 Å². The van der Waals surface area contributed by atoms with Crippen molar-refractivity contribution in [3.8, 4) is 0 Å². The van der Waals surface area contributed by atoms with E-state index in [0.717, 1.165) is 12.8 Å². The van der Waals surface area contributed by atoms with Crippen LogP contribution in [0.4, 0.5) is 20.4 Å². The smallest absolute Gasteiger partial charge is 0.168 e. The van der Waals surface area contributed by atoms with E-state index in [2.05, 4.69) is 24.1 Å². The van der Waals surface area contributed by atoms with E-state index in [1.165, 1.54) is 0 Å². The van der Waals surface area contributed by atoms with Gasteiger partial charge in [-0.2, -0.15) is 0 Å². The summed E-state index contributed by atoms with van der Waals surface area (Å²) in [4.78, 5) is 3.62. The van der Waals surface area contributed by atoms with Crippen LogP contribution in [0.2, 0.25) is 0 Å². The maximum absolute atomic E-state index is 13.5. The Bertz CT molecular complexity index is 495. The van der Waals surface area contributed by atoms with E-state index >= 15 is 0 Å². The van der Waals surface area contributed by atoms with Gasteiger partial charge in [-0.1, -0.05) is 13.8 Å². The largest absolute Gasteiger partial charge is 0.388 e. The number of aromatic nitrogens is 1. The Kier molecular flexibility index (Phi) is 3.86. The van der Waals surface area contributed by atoms with E-state index in [4.69, 9.17) is 5.73 Å². The summed E-state index contributed by atoms with van der Waals surface area (Å²) in [5.74, 6) is -2.17. The van der Waals surface area contributed by atoms with Gasteiger partial charge < -0.3 is 16.2 Å². The average Bonchev–Trinajstić information content (AvgIpc) is 2.37. The van der Waals surface area contributed by atoms with Gasteiger partial charge >= 0.3 is 0 Å². The molecule has 0 bridgehead atoms.